The van der Waals surface area contributed by atoms with Crippen molar-refractivity contribution in [3.05, 3.63) is 230 Å². The van der Waals surface area contributed by atoms with Gasteiger partial charge in [-0.1, -0.05) is 164 Å². The first kappa shape index (κ1) is 34.1. The zero-order chi connectivity index (χ0) is 38.3. The standard InChI is InChI=1S/C55H40N2/c1-3-39(36-52-38(2)56(53-28-15-14-27-50(52)53)47-25-17-24-43(33-47)40-18-7-4-8-19-40)44-30-31-51-49-26-13-16-29-54(49)57(55(51)37-44)48-34-45(41-20-9-5-10-21-41)32-46(35-48)42-22-11-6-12-23-42/h3-37H,1H2,2H3. The van der Waals surface area contributed by atoms with E-state index in [-0.39, 0.29) is 0 Å². The maximum atomic E-state index is 4.37. The Morgan fingerprint density at radius 3 is 1.54 bits per heavy atom. The summed E-state index contributed by atoms with van der Waals surface area (Å²) in [5.41, 5.74) is 17.5. The average molecular weight is 729 g/mol. The molecule has 2 heterocycles. The van der Waals surface area contributed by atoms with Crippen LogP contribution in [0.2, 0.25) is 0 Å². The lowest BCUT2D eigenvalue weighted by Crippen LogP contribution is -1.97. The summed E-state index contributed by atoms with van der Waals surface area (Å²) in [7, 11) is 0. The Bertz CT molecular complexity index is 3070. The number of allylic oxidation sites excluding steroid dienone is 2. The molecule has 10 aromatic rings. The van der Waals surface area contributed by atoms with Crippen LogP contribution in [0.1, 0.15) is 16.8 Å². The summed E-state index contributed by atoms with van der Waals surface area (Å²) >= 11 is 0. The average Bonchev–Trinajstić information content (AvgIpc) is 3.76. The van der Waals surface area contributed by atoms with Crippen LogP contribution in [0.15, 0.2) is 213 Å². The van der Waals surface area contributed by atoms with Crippen LogP contribution in [0.3, 0.4) is 0 Å². The lowest BCUT2D eigenvalue weighted by molar-refractivity contribution is 1.05. The van der Waals surface area contributed by atoms with Crippen molar-refractivity contribution in [2.45, 2.75) is 6.92 Å². The first-order valence-electron chi connectivity index (χ1n) is 19.5. The Hall–Kier alpha value is -7.42. The molecule has 2 aromatic heterocycles. The van der Waals surface area contributed by atoms with Gasteiger partial charge in [0, 0.05) is 38.8 Å². The molecule has 0 saturated heterocycles. The Labute approximate surface area is 333 Å². The number of aromatic nitrogens is 2. The van der Waals surface area contributed by atoms with E-state index in [1.165, 1.54) is 71.8 Å². The summed E-state index contributed by atoms with van der Waals surface area (Å²) in [5, 5.41) is 3.65. The van der Waals surface area contributed by atoms with Crippen molar-refractivity contribution < 1.29 is 0 Å². The van der Waals surface area contributed by atoms with E-state index in [4.69, 9.17) is 0 Å². The van der Waals surface area contributed by atoms with Gasteiger partial charge in [0.05, 0.1) is 16.6 Å². The highest BCUT2D eigenvalue weighted by atomic mass is 15.0. The number of benzene rings is 8. The molecule has 0 aliphatic rings. The molecule has 0 atom stereocenters. The summed E-state index contributed by atoms with van der Waals surface area (Å²) in [6.07, 6.45) is 4.32. The van der Waals surface area contributed by atoms with Gasteiger partial charge in [-0.25, -0.2) is 0 Å². The predicted molar refractivity (Wildman–Crippen MR) is 243 cm³/mol. The second-order valence-corrected chi connectivity index (χ2v) is 14.7. The molecule has 2 nitrogen and oxygen atoms in total. The Morgan fingerprint density at radius 1 is 0.404 bits per heavy atom. The lowest BCUT2D eigenvalue weighted by atomic mass is 9.97. The fourth-order valence-electron chi connectivity index (χ4n) is 8.54. The molecule has 0 radical (unpaired) electrons. The van der Waals surface area contributed by atoms with Crippen LogP contribution in [-0.4, -0.2) is 9.13 Å². The van der Waals surface area contributed by atoms with Gasteiger partial charge in [-0.2, -0.15) is 0 Å². The molecule has 0 N–H and O–H groups in total. The van der Waals surface area contributed by atoms with E-state index in [1.807, 2.05) is 6.08 Å². The molecule has 0 saturated carbocycles. The van der Waals surface area contributed by atoms with Crippen LogP contribution in [0.4, 0.5) is 0 Å². The number of nitrogens with zero attached hydrogens (tertiary/aromatic N) is 2. The molecule has 0 unspecified atom stereocenters. The van der Waals surface area contributed by atoms with Gasteiger partial charge in [0.2, 0.25) is 0 Å². The monoisotopic (exact) mass is 728 g/mol. The number of hydrogen-bond donors (Lipinski definition) is 0. The Morgan fingerprint density at radius 2 is 0.912 bits per heavy atom. The van der Waals surface area contributed by atoms with Gasteiger partial charge in [-0.3, -0.25) is 0 Å². The Kier molecular flexibility index (Phi) is 8.58. The molecule has 0 amide bonds. The third-order valence-corrected chi connectivity index (χ3v) is 11.3. The molecule has 57 heavy (non-hydrogen) atoms. The van der Waals surface area contributed by atoms with Gasteiger partial charge >= 0.3 is 0 Å². The largest absolute Gasteiger partial charge is 0.313 e. The second kappa shape index (κ2) is 14.3. The minimum Gasteiger partial charge on any atom is -0.313 e. The molecule has 0 aliphatic heterocycles. The molecular formula is C55H40N2. The van der Waals surface area contributed by atoms with Crippen molar-refractivity contribution >= 4 is 44.4 Å². The van der Waals surface area contributed by atoms with Crippen LogP contribution in [0.5, 0.6) is 0 Å². The number of hydrogen-bond acceptors (Lipinski definition) is 0. The summed E-state index contributed by atoms with van der Waals surface area (Å²) in [5.74, 6) is 0. The van der Waals surface area contributed by atoms with E-state index in [9.17, 15) is 0 Å². The molecule has 270 valence electrons. The number of fused-ring (bicyclic) bond motifs is 4. The van der Waals surface area contributed by atoms with Crippen molar-refractivity contribution in [2.75, 3.05) is 0 Å². The maximum absolute atomic E-state index is 4.37. The van der Waals surface area contributed by atoms with E-state index in [2.05, 4.69) is 229 Å². The van der Waals surface area contributed by atoms with Crippen molar-refractivity contribution in [1.29, 1.82) is 0 Å². The van der Waals surface area contributed by atoms with E-state index in [1.54, 1.807) is 0 Å². The SMILES string of the molecule is C=CC(=Cc1c(C)n(-c2cccc(-c3ccccc3)c2)c2ccccc12)c1ccc2c3ccccc3n(-c3cc(-c4ccccc4)cc(-c4ccccc4)c3)c2c1. The zero-order valence-corrected chi connectivity index (χ0v) is 31.8. The molecule has 8 aromatic carbocycles. The molecule has 0 aliphatic carbocycles. The Balaban J connectivity index is 1.15. The topological polar surface area (TPSA) is 9.86 Å². The highest BCUT2D eigenvalue weighted by Gasteiger charge is 2.18. The quantitative estimate of drug-likeness (QED) is 0.138. The highest BCUT2D eigenvalue weighted by molar-refractivity contribution is 6.11. The van der Waals surface area contributed by atoms with Crippen LogP contribution >= 0.6 is 0 Å². The lowest BCUT2D eigenvalue weighted by Gasteiger charge is -2.14. The highest BCUT2D eigenvalue weighted by Crippen LogP contribution is 2.39. The molecule has 2 heteroatoms. The summed E-state index contributed by atoms with van der Waals surface area (Å²) in [4.78, 5) is 0. The van der Waals surface area contributed by atoms with Gasteiger partial charge in [-0.05, 0) is 106 Å². The third-order valence-electron chi connectivity index (χ3n) is 11.3. The number of rotatable bonds is 8. The minimum absolute atomic E-state index is 1.07. The fraction of sp³-hybridized carbons (Fsp3) is 0.0182. The first-order chi connectivity index (χ1) is 28.1. The third kappa shape index (κ3) is 6.09. The first-order valence-corrected chi connectivity index (χ1v) is 19.5. The van der Waals surface area contributed by atoms with Gasteiger partial charge in [0.1, 0.15) is 0 Å². The summed E-state index contributed by atoms with van der Waals surface area (Å²) in [6.45, 7) is 6.59. The maximum Gasteiger partial charge on any atom is 0.0547 e. The smallest absolute Gasteiger partial charge is 0.0547 e. The molecule has 0 bridgehead atoms. The zero-order valence-electron chi connectivity index (χ0n) is 31.8. The van der Waals surface area contributed by atoms with Crippen LogP contribution < -0.4 is 0 Å². The van der Waals surface area contributed by atoms with Crippen LogP contribution in [0, 0.1) is 6.92 Å². The van der Waals surface area contributed by atoms with Crippen molar-refractivity contribution in [1.82, 2.24) is 9.13 Å². The summed E-state index contributed by atoms with van der Waals surface area (Å²) in [6, 6.07) is 72.1. The minimum atomic E-state index is 1.07. The van der Waals surface area contributed by atoms with Gasteiger partial charge in [0.15, 0.2) is 0 Å². The van der Waals surface area contributed by atoms with Crippen molar-refractivity contribution in [2.24, 2.45) is 0 Å². The van der Waals surface area contributed by atoms with E-state index in [0.29, 0.717) is 0 Å². The predicted octanol–water partition coefficient (Wildman–Crippen LogP) is 14.8. The molecule has 10 rings (SSSR count). The van der Waals surface area contributed by atoms with Crippen LogP contribution in [-0.2, 0) is 0 Å². The van der Waals surface area contributed by atoms with Gasteiger partial charge in [0.25, 0.3) is 0 Å². The second-order valence-electron chi connectivity index (χ2n) is 14.7. The van der Waals surface area contributed by atoms with Crippen LogP contribution in [0.25, 0.3) is 89.1 Å². The molecule has 0 fully saturated rings. The summed E-state index contributed by atoms with van der Waals surface area (Å²) < 4.78 is 4.82. The van der Waals surface area contributed by atoms with Gasteiger partial charge < -0.3 is 9.13 Å². The normalized spacial score (nSPS) is 11.8. The van der Waals surface area contributed by atoms with E-state index >= 15 is 0 Å². The van der Waals surface area contributed by atoms with Crippen molar-refractivity contribution in [3.8, 4) is 44.8 Å². The molecular weight excluding hydrogens is 689 g/mol. The van der Waals surface area contributed by atoms with Gasteiger partial charge in [-0.15, -0.1) is 0 Å². The van der Waals surface area contributed by atoms with E-state index in [0.717, 1.165) is 28.0 Å². The number of para-hydroxylation sites is 2. The van der Waals surface area contributed by atoms with E-state index < -0.39 is 0 Å². The molecule has 0 spiro atoms. The fourth-order valence-corrected chi connectivity index (χ4v) is 8.54. The van der Waals surface area contributed by atoms with Crippen molar-refractivity contribution in [3.63, 3.8) is 0 Å².